The van der Waals surface area contributed by atoms with Crippen LogP contribution >= 0.6 is 0 Å². The maximum absolute atomic E-state index is 12.3. The molecule has 1 fully saturated rings. The van der Waals surface area contributed by atoms with Crippen molar-refractivity contribution in [2.45, 2.75) is 12.6 Å². The maximum Gasteiger partial charge on any atom is 0.335 e. The third-order valence-electron chi connectivity index (χ3n) is 5.72. The Kier molecular flexibility index (Phi) is 5.52. The SMILES string of the molecule is Cn1cc([C@H](C(=O)O)N2CCN(Cc3ccncc3)CC2)c2cc(C(=O)O)ccc21. The second kappa shape index (κ2) is 8.25. The summed E-state index contributed by atoms with van der Waals surface area (Å²) in [6.07, 6.45) is 5.36. The molecule has 1 saturated heterocycles. The summed E-state index contributed by atoms with van der Waals surface area (Å²) in [6, 6.07) is 8.00. The van der Waals surface area contributed by atoms with Crippen LogP contribution in [-0.2, 0) is 18.4 Å². The van der Waals surface area contributed by atoms with E-state index in [9.17, 15) is 19.8 Å². The highest BCUT2D eigenvalue weighted by Gasteiger charge is 2.32. The summed E-state index contributed by atoms with van der Waals surface area (Å²) >= 11 is 0. The van der Waals surface area contributed by atoms with E-state index in [1.54, 1.807) is 36.8 Å². The Morgan fingerprint density at radius 3 is 2.40 bits per heavy atom. The minimum atomic E-state index is -1.02. The Labute approximate surface area is 174 Å². The maximum atomic E-state index is 12.3. The van der Waals surface area contributed by atoms with Gasteiger partial charge in [0.15, 0.2) is 0 Å². The lowest BCUT2D eigenvalue weighted by molar-refractivity contribution is -0.144. The van der Waals surface area contributed by atoms with Crippen LogP contribution in [0.3, 0.4) is 0 Å². The first-order chi connectivity index (χ1) is 14.4. The summed E-state index contributed by atoms with van der Waals surface area (Å²) in [5.41, 5.74) is 2.79. The lowest BCUT2D eigenvalue weighted by Gasteiger charge is -2.37. The van der Waals surface area contributed by atoms with Gasteiger partial charge in [-0.05, 0) is 35.9 Å². The van der Waals surface area contributed by atoms with Gasteiger partial charge >= 0.3 is 11.9 Å². The van der Waals surface area contributed by atoms with Crippen molar-refractivity contribution in [2.24, 2.45) is 7.05 Å². The molecule has 3 heterocycles. The van der Waals surface area contributed by atoms with Crippen LogP contribution in [0.5, 0.6) is 0 Å². The van der Waals surface area contributed by atoms with Crippen molar-refractivity contribution < 1.29 is 19.8 Å². The largest absolute Gasteiger partial charge is 0.480 e. The number of aromatic carboxylic acids is 1. The molecule has 1 aliphatic heterocycles. The standard InChI is InChI=1S/C22H24N4O4/c1-24-14-18(17-12-16(21(27)28)2-3-19(17)24)20(22(29)30)26-10-8-25(9-11-26)13-15-4-6-23-7-5-15/h2-7,12,14,20H,8-11,13H2,1H3,(H,27,28)(H,29,30)/t20-/m1/s1. The lowest BCUT2D eigenvalue weighted by atomic mass is 10.0. The topological polar surface area (TPSA) is 98.9 Å². The summed E-state index contributed by atoms with van der Waals surface area (Å²) in [5.74, 6) is -1.95. The van der Waals surface area contributed by atoms with Crippen LogP contribution in [0.1, 0.15) is 27.5 Å². The number of hydrogen-bond donors (Lipinski definition) is 2. The molecule has 0 spiro atoms. The zero-order valence-electron chi connectivity index (χ0n) is 16.7. The number of pyridine rings is 1. The Bertz CT molecular complexity index is 1070. The minimum absolute atomic E-state index is 0.154. The van der Waals surface area contributed by atoms with Gasteiger partial charge in [0.05, 0.1) is 5.56 Å². The number of carboxylic acid groups (broad SMARTS) is 2. The fourth-order valence-electron chi connectivity index (χ4n) is 4.19. The van der Waals surface area contributed by atoms with Gasteiger partial charge in [0.25, 0.3) is 0 Å². The quantitative estimate of drug-likeness (QED) is 0.645. The van der Waals surface area contributed by atoms with Gasteiger partial charge in [0, 0.05) is 74.8 Å². The summed E-state index contributed by atoms with van der Waals surface area (Å²) in [7, 11) is 1.85. The zero-order valence-corrected chi connectivity index (χ0v) is 16.7. The molecule has 1 aliphatic rings. The monoisotopic (exact) mass is 408 g/mol. The number of carboxylic acids is 2. The normalized spacial score (nSPS) is 16.6. The molecule has 156 valence electrons. The van der Waals surface area contributed by atoms with E-state index in [0.29, 0.717) is 24.0 Å². The summed E-state index contributed by atoms with van der Waals surface area (Å²) in [4.78, 5) is 32.0. The molecule has 8 heteroatoms. The van der Waals surface area contributed by atoms with Crippen molar-refractivity contribution in [3.8, 4) is 0 Å². The fourth-order valence-corrected chi connectivity index (χ4v) is 4.19. The van der Waals surface area contributed by atoms with Crippen LogP contribution in [0, 0.1) is 0 Å². The van der Waals surface area contributed by atoms with Crippen LogP contribution in [0.25, 0.3) is 10.9 Å². The molecule has 0 amide bonds. The summed E-state index contributed by atoms with van der Waals surface area (Å²) in [6.45, 7) is 3.58. The molecule has 8 nitrogen and oxygen atoms in total. The molecule has 1 aromatic carbocycles. The molecule has 2 aromatic heterocycles. The van der Waals surface area contributed by atoms with E-state index in [4.69, 9.17) is 0 Å². The first kappa shape index (κ1) is 20.1. The summed E-state index contributed by atoms with van der Waals surface area (Å²) < 4.78 is 1.85. The summed E-state index contributed by atoms with van der Waals surface area (Å²) in [5, 5.41) is 20.1. The average molecular weight is 408 g/mol. The van der Waals surface area contributed by atoms with E-state index < -0.39 is 18.0 Å². The molecule has 1 atom stereocenters. The number of hydrogen-bond acceptors (Lipinski definition) is 5. The smallest absolute Gasteiger partial charge is 0.335 e. The highest BCUT2D eigenvalue weighted by atomic mass is 16.4. The molecule has 30 heavy (non-hydrogen) atoms. The number of fused-ring (bicyclic) bond motifs is 1. The Hall–Kier alpha value is -3.23. The Morgan fingerprint density at radius 2 is 1.77 bits per heavy atom. The number of piperazine rings is 1. The van der Waals surface area contributed by atoms with Crippen molar-refractivity contribution in [2.75, 3.05) is 26.2 Å². The number of benzene rings is 1. The molecule has 2 N–H and O–H groups in total. The van der Waals surface area contributed by atoms with E-state index in [-0.39, 0.29) is 5.56 Å². The average Bonchev–Trinajstić information content (AvgIpc) is 3.05. The second-order valence-corrected chi connectivity index (χ2v) is 7.64. The number of rotatable bonds is 6. The van der Waals surface area contributed by atoms with E-state index >= 15 is 0 Å². The van der Waals surface area contributed by atoms with Gasteiger partial charge in [-0.15, -0.1) is 0 Å². The third kappa shape index (κ3) is 3.92. The molecule has 0 bridgehead atoms. The highest BCUT2D eigenvalue weighted by molar-refractivity contribution is 5.96. The van der Waals surface area contributed by atoms with Crippen molar-refractivity contribution in [3.05, 3.63) is 65.6 Å². The third-order valence-corrected chi connectivity index (χ3v) is 5.72. The molecule has 4 rings (SSSR count). The van der Waals surface area contributed by atoms with Gasteiger partial charge in [-0.1, -0.05) is 0 Å². The highest BCUT2D eigenvalue weighted by Crippen LogP contribution is 2.31. The molecule has 0 unspecified atom stereocenters. The van der Waals surface area contributed by atoms with Crippen LogP contribution in [0.4, 0.5) is 0 Å². The number of aryl methyl sites for hydroxylation is 1. The van der Waals surface area contributed by atoms with Gasteiger partial charge in [-0.25, -0.2) is 4.79 Å². The molecular formula is C22H24N4O4. The first-order valence-electron chi connectivity index (χ1n) is 9.84. The lowest BCUT2D eigenvalue weighted by Crippen LogP contribution is -2.48. The van der Waals surface area contributed by atoms with Crippen molar-refractivity contribution >= 4 is 22.8 Å². The molecule has 0 radical (unpaired) electrons. The number of aliphatic carboxylic acids is 1. The number of carbonyl (C=O) groups is 2. The second-order valence-electron chi connectivity index (χ2n) is 7.64. The molecular weight excluding hydrogens is 384 g/mol. The van der Waals surface area contributed by atoms with Crippen LogP contribution < -0.4 is 0 Å². The van der Waals surface area contributed by atoms with Crippen LogP contribution in [0.15, 0.2) is 48.9 Å². The van der Waals surface area contributed by atoms with Crippen molar-refractivity contribution in [3.63, 3.8) is 0 Å². The van der Waals surface area contributed by atoms with Gasteiger partial charge in [0.1, 0.15) is 6.04 Å². The van der Waals surface area contributed by atoms with Crippen LogP contribution in [0.2, 0.25) is 0 Å². The molecule has 0 aliphatic carbocycles. The number of nitrogens with zero attached hydrogens (tertiary/aromatic N) is 4. The minimum Gasteiger partial charge on any atom is -0.480 e. The van der Waals surface area contributed by atoms with Gasteiger partial charge in [0.2, 0.25) is 0 Å². The van der Waals surface area contributed by atoms with Gasteiger partial charge in [-0.3, -0.25) is 19.6 Å². The zero-order chi connectivity index (χ0) is 21.3. The Balaban J connectivity index is 1.57. The molecule has 0 saturated carbocycles. The van der Waals surface area contributed by atoms with E-state index in [0.717, 1.165) is 25.2 Å². The van der Waals surface area contributed by atoms with Crippen molar-refractivity contribution in [1.29, 1.82) is 0 Å². The van der Waals surface area contributed by atoms with Gasteiger partial charge in [-0.2, -0.15) is 0 Å². The molecule has 3 aromatic rings. The van der Waals surface area contributed by atoms with E-state index in [2.05, 4.69) is 9.88 Å². The van der Waals surface area contributed by atoms with Gasteiger partial charge < -0.3 is 14.8 Å². The predicted octanol–water partition coefficient (Wildman–Crippen LogP) is 2.21. The van der Waals surface area contributed by atoms with E-state index in [1.807, 2.05) is 28.6 Å². The number of aromatic nitrogens is 2. The fraction of sp³-hybridized carbons (Fsp3) is 0.318. The van der Waals surface area contributed by atoms with Crippen molar-refractivity contribution in [1.82, 2.24) is 19.4 Å². The van der Waals surface area contributed by atoms with E-state index in [1.165, 1.54) is 5.56 Å². The first-order valence-corrected chi connectivity index (χ1v) is 9.84. The van der Waals surface area contributed by atoms with Crippen LogP contribution in [-0.4, -0.2) is 67.7 Å². The Morgan fingerprint density at radius 1 is 1.07 bits per heavy atom. The predicted molar refractivity (Wildman–Crippen MR) is 111 cm³/mol.